The number of rotatable bonds is 9. The molecule has 0 aliphatic carbocycles. The molecule has 1 fully saturated rings. The zero-order chi connectivity index (χ0) is 18.6. The highest BCUT2D eigenvalue weighted by molar-refractivity contribution is 5.79. The second kappa shape index (κ2) is 11.9. The molecule has 3 N–H and O–H groups in total. The summed E-state index contributed by atoms with van der Waals surface area (Å²) in [5.74, 6) is 0.847. The van der Waals surface area contributed by atoms with E-state index >= 15 is 0 Å². The Morgan fingerprint density at radius 3 is 2.81 bits per heavy atom. The van der Waals surface area contributed by atoms with Crippen LogP contribution in [0.4, 0.5) is 0 Å². The summed E-state index contributed by atoms with van der Waals surface area (Å²) in [5, 5.41) is 16.9. The third-order valence-corrected chi connectivity index (χ3v) is 5.05. The van der Waals surface area contributed by atoms with Crippen molar-refractivity contribution in [3.63, 3.8) is 0 Å². The van der Waals surface area contributed by atoms with Gasteiger partial charge in [-0.25, -0.2) is 0 Å². The van der Waals surface area contributed by atoms with Crippen molar-refractivity contribution < 1.29 is 5.11 Å². The van der Waals surface area contributed by atoms with Crippen LogP contribution >= 0.6 is 0 Å². The molecule has 1 aliphatic heterocycles. The van der Waals surface area contributed by atoms with Crippen LogP contribution in [0.2, 0.25) is 0 Å². The topological polar surface area (TPSA) is 59.9 Å². The van der Waals surface area contributed by atoms with Crippen LogP contribution in [0, 0.1) is 0 Å². The molecular formula is C21H36N4O. The van der Waals surface area contributed by atoms with E-state index in [1.165, 1.54) is 25.8 Å². The van der Waals surface area contributed by atoms with E-state index in [4.69, 9.17) is 0 Å². The second-order valence-electron chi connectivity index (χ2n) is 7.14. The molecule has 2 atom stereocenters. The maximum atomic E-state index is 10.2. The molecule has 0 aromatic heterocycles. The summed E-state index contributed by atoms with van der Waals surface area (Å²) in [7, 11) is 0. The Hall–Kier alpha value is -1.59. The number of aliphatic hydroxyl groups excluding tert-OH is 1. The molecule has 0 radical (unpaired) electrons. The fraction of sp³-hybridized carbons (Fsp3) is 0.667. The Kier molecular flexibility index (Phi) is 9.50. The minimum Gasteiger partial charge on any atom is -0.388 e. The number of hydrogen-bond donors (Lipinski definition) is 3. The third kappa shape index (κ3) is 7.34. The molecule has 0 bridgehead atoms. The van der Waals surface area contributed by atoms with Crippen molar-refractivity contribution >= 4 is 5.96 Å². The van der Waals surface area contributed by atoms with Gasteiger partial charge in [-0.15, -0.1) is 0 Å². The first-order chi connectivity index (χ1) is 12.7. The minimum absolute atomic E-state index is 0.438. The Labute approximate surface area is 158 Å². The van der Waals surface area contributed by atoms with E-state index in [-0.39, 0.29) is 0 Å². The van der Waals surface area contributed by atoms with Crippen molar-refractivity contribution in [2.75, 3.05) is 32.7 Å². The number of nitrogens with zero attached hydrogens (tertiary/aromatic N) is 2. The van der Waals surface area contributed by atoms with E-state index in [0.717, 1.165) is 43.6 Å². The minimum atomic E-state index is -0.438. The first kappa shape index (κ1) is 20.7. The molecule has 5 heteroatoms. The molecule has 0 spiro atoms. The van der Waals surface area contributed by atoms with Gasteiger partial charge < -0.3 is 20.6 Å². The van der Waals surface area contributed by atoms with E-state index < -0.39 is 6.10 Å². The smallest absolute Gasteiger partial charge is 0.191 e. The van der Waals surface area contributed by atoms with Gasteiger partial charge in [0.1, 0.15) is 0 Å². The number of aliphatic imine (C=N–C) groups is 1. The lowest BCUT2D eigenvalue weighted by atomic mass is 10.0. The molecule has 1 saturated heterocycles. The van der Waals surface area contributed by atoms with E-state index in [9.17, 15) is 5.11 Å². The number of hydrogen-bond acceptors (Lipinski definition) is 3. The van der Waals surface area contributed by atoms with Crippen molar-refractivity contribution in [2.45, 2.75) is 58.1 Å². The predicted octanol–water partition coefficient (Wildman–Crippen LogP) is 2.93. The van der Waals surface area contributed by atoms with Gasteiger partial charge in [-0.3, -0.25) is 4.99 Å². The van der Waals surface area contributed by atoms with Crippen LogP contribution in [0.5, 0.6) is 0 Å². The summed E-state index contributed by atoms with van der Waals surface area (Å²) in [6, 6.07) is 10.5. The van der Waals surface area contributed by atoms with Gasteiger partial charge in [-0.2, -0.15) is 0 Å². The summed E-state index contributed by atoms with van der Waals surface area (Å²) in [5.41, 5.74) is 0.965. The predicted molar refractivity (Wildman–Crippen MR) is 110 cm³/mol. The van der Waals surface area contributed by atoms with Crippen LogP contribution in [-0.4, -0.2) is 54.7 Å². The maximum Gasteiger partial charge on any atom is 0.191 e. The number of benzene rings is 1. The van der Waals surface area contributed by atoms with E-state index in [0.29, 0.717) is 13.0 Å². The standard InChI is InChI=1S/C21H36N4O/c1-3-22-21(23-14-9-17-25-16-8-7-10-18(25)2)24-15-13-20(26)19-11-5-4-6-12-19/h4-6,11-12,18,20,26H,3,7-10,13-17H2,1-2H3,(H2,22,23,24). The first-order valence-electron chi connectivity index (χ1n) is 10.2. The number of nitrogens with one attached hydrogen (secondary N) is 2. The lowest BCUT2D eigenvalue weighted by Gasteiger charge is -2.33. The fourth-order valence-corrected chi connectivity index (χ4v) is 3.47. The molecule has 0 amide bonds. The van der Waals surface area contributed by atoms with Crippen LogP contribution in [0.15, 0.2) is 35.3 Å². The number of likely N-dealkylation sites (tertiary alicyclic amines) is 1. The van der Waals surface area contributed by atoms with Gasteiger partial charge >= 0.3 is 0 Å². The normalized spacial score (nSPS) is 20.0. The molecule has 26 heavy (non-hydrogen) atoms. The Bertz CT molecular complexity index is 520. The molecule has 2 unspecified atom stereocenters. The van der Waals surface area contributed by atoms with Gasteiger partial charge in [-0.05, 0) is 51.6 Å². The fourth-order valence-electron chi connectivity index (χ4n) is 3.47. The molecule has 1 aliphatic rings. The Morgan fingerprint density at radius 2 is 2.08 bits per heavy atom. The molecule has 146 valence electrons. The van der Waals surface area contributed by atoms with Crippen molar-refractivity contribution in [1.29, 1.82) is 0 Å². The van der Waals surface area contributed by atoms with Gasteiger partial charge in [-0.1, -0.05) is 36.8 Å². The molecule has 2 rings (SSSR count). The van der Waals surface area contributed by atoms with Crippen LogP contribution in [0.3, 0.4) is 0 Å². The van der Waals surface area contributed by atoms with E-state index in [1.54, 1.807) is 0 Å². The molecule has 0 saturated carbocycles. The van der Waals surface area contributed by atoms with Gasteiger partial charge in [0.25, 0.3) is 0 Å². The lowest BCUT2D eigenvalue weighted by molar-refractivity contribution is 0.160. The highest BCUT2D eigenvalue weighted by Crippen LogP contribution is 2.16. The number of piperidine rings is 1. The highest BCUT2D eigenvalue weighted by Gasteiger charge is 2.17. The molecular weight excluding hydrogens is 324 g/mol. The number of aliphatic hydroxyl groups is 1. The van der Waals surface area contributed by atoms with Gasteiger partial charge in [0.2, 0.25) is 0 Å². The Balaban J connectivity index is 1.68. The maximum absolute atomic E-state index is 10.2. The molecule has 1 aromatic carbocycles. The van der Waals surface area contributed by atoms with Crippen molar-refractivity contribution in [2.24, 2.45) is 4.99 Å². The van der Waals surface area contributed by atoms with Crippen LogP contribution in [0.1, 0.15) is 57.6 Å². The monoisotopic (exact) mass is 360 g/mol. The molecule has 1 heterocycles. The van der Waals surface area contributed by atoms with Crippen molar-refractivity contribution in [3.8, 4) is 0 Å². The second-order valence-corrected chi connectivity index (χ2v) is 7.14. The van der Waals surface area contributed by atoms with E-state index in [2.05, 4.69) is 34.4 Å². The zero-order valence-corrected chi connectivity index (χ0v) is 16.5. The summed E-state index contributed by atoms with van der Waals surface area (Å²) in [6.45, 7) is 9.16. The lowest BCUT2D eigenvalue weighted by Crippen LogP contribution is -2.39. The SMILES string of the molecule is CCNC(=NCCCN1CCCCC1C)NCCC(O)c1ccccc1. The quantitative estimate of drug-likeness (QED) is 0.360. The zero-order valence-electron chi connectivity index (χ0n) is 16.5. The van der Waals surface area contributed by atoms with Crippen LogP contribution in [-0.2, 0) is 0 Å². The number of guanidine groups is 1. The van der Waals surface area contributed by atoms with Crippen molar-refractivity contribution in [1.82, 2.24) is 15.5 Å². The van der Waals surface area contributed by atoms with Gasteiger partial charge in [0.05, 0.1) is 6.10 Å². The average Bonchev–Trinajstić information content (AvgIpc) is 2.67. The summed E-state index contributed by atoms with van der Waals surface area (Å²) < 4.78 is 0. The Morgan fingerprint density at radius 1 is 1.27 bits per heavy atom. The molecule has 1 aromatic rings. The highest BCUT2D eigenvalue weighted by atomic mass is 16.3. The van der Waals surface area contributed by atoms with Crippen LogP contribution in [0.25, 0.3) is 0 Å². The van der Waals surface area contributed by atoms with E-state index in [1.807, 2.05) is 30.3 Å². The van der Waals surface area contributed by atoms with Crippen LogP contribution < -0.4 is 10.6 Å². The molecule has 5 nitrogen and oxygen atoms in total. The largest absolute Gasteiger partial charge is 0.388 e. The summed E-state index contributed by atoms with van der Waals surface area (Å²) >= 11 is 0. The van der Waals surface area contributed by atoms with Gasteiger partial charge in [0.15, 0.2) is 5.96 Å². The summed E-state index contributed by atoms with van der Waals surface area (Å²) in [6.07, 6.45) is 5.36. The summed E-state index contributed by atoms with van der Waals surface area (Å²) in [4.78, 5) is 7.27. The van der Waals surface area contributed by atoms with Crippen molar-refractivity contribution in [3.05, 3.63) is 35.9 Å². The first-order valence-corrected chi connectivity index (χ1v) is 10.2. The van der Waals surface area contributed by atoms with Gasteiger partial charge in [0, 0.05) is 32.2 Å². The third-order valence-electron chi connectivity index (χ3n) is 5.05. The average molecular weight is 361 g/mol.